The number of benzene rings is 1. The molecule has 1 amide bonds. The molecule has 0 fully saturated rings. The van der Waals surface area contributed by atoms with Gasteiger partial charge in [-0.1, -0.05) is 4.49 Å². The minimum Gasteiger partial charge on any atom is -0.493 e. The van der Waals surface area contributed by atoms with Crippen LogP contribution in [0.4, 0.5) is 0 Å². The number of fused-ring (bicyclic) bond motifs is 1. The van der Waals surface area contributed by atoms with Gasteiger partial charge in [-0.3, -0.25) is 4.79 Å². The summed E-state index contributed by atoms with van der Waals surface area (Å²) in [4.78, 5) is 15.3. The highest BCUT2D eigenvalue weighted by atomic mass is 32.1. The molecular weight excluding hydrogens is 314 g/mol. The first-order valence-corrected chi connectivity index (χ1v) is 8.18. The second kappa shape index (κ2) is 6.16. The van der Waals surface area contributed by atoms with E-state index in [-0.39, 0.29) is 11.9 Å². The van der Waals surface area contributed by atoms with E-state index in [1.54, 1.807) is 14.2 Å². The van der Waals surface area contributed by atoms with Gasteiger partial charge in [0.05, 0.1) is 26.0 Å². The van der Waals surface area contributed by atoms with Gasteiger partial charge in [-0.15, -0.1) is 5.10 Å². The van der Waals surface area contributed by atoms with Crippen molar-refractivity contribution in [3.8, 4) is 11.5 Å². The van der Waals surface area contributed by atoms with Crippen molar-refractivity contribution in [2.24, 2.45) is 0 Å². The molecule has 0 radical (unpaired) electrons. The van der Waals surface area contributed by atoms with Gasteiger partial charge < -0.3 is 14.4 Å². The van der Waals surface area contributed by atoms with Gasteiger partial charge in [-0.05, 0) is 55.1 Å². The second-order valence-electron chi connectivity index (χ2n) is 5.52. The third-order valence-electron chi connectivity index (χ3n) is 4.29. The zero-order valence-electron chi connectivity index (χ0n) is 13.6. The molecule has 0 bridgehead atoms. The molecule has 23 heavy (non-hydrogen) atoms. The van der Waals surface area contributed by atoms with E-state index >= 15 is 0 Å². The number of hydrogen-bond acceptors (Lipinski definition) is 6. The fourth-order valence-electron chi connectivity index (χ4n) is 2.98. The van der Waals surface area contributed by atoms with Crippen molar-refractivity contribution in [2.75, 3.05) is 20.8 Å². The molecule has 1 aromatic heterocycles. The number of ether oxygens (including phenoxy) is 2. The van der Waals surface area contributed by atoms with Crippen LogP contribution in [0.15, 0.2) is 12.1 Å². The Morgan fingerprint density at radius 1 is 1.30 bits per heavy atom. The van der Waals surface area contributed by atoms with Crippen LogP contribution in [0.5, 0.6) is 11.5 Å². The maximum absolute atomic E-state index is 12.8. The minimum atomic E-state index is -0.0347. The molecule has 0 N–H and O–H groups in total. The van der Waals surface area contributed by atoms with E-state index in [2.05, 4.69) is 9.59 Å². The Morgan fingerprint density at radius 3 is 2.61 bits per heavy atom. The number of nitrogens with zero attached hydrogens (tertiary/aromatic N) is 3. The predicted octanol–water partition coefficient (Wildman–Crippen LogP) is 2.62. The molecule has 1 aromatic carbocycles. The van der Waals surface area contributed by atoms with Crippen LogP contribution >= 0.6 is 11.5 Å². The third-order valence-corrected chi connectivity index (χ3v) is 5.11. The summed E-state index contributed by atoms with van der Waals surface area (Å²) in [5.41, 5.74) is 2.97. The Bertz CT molecular complexity index is 744. The number of amides is 1. The van der Waals surface area contributed by atoms with Crippen LogP contribution < -0.4 is 9.47 Å². The summed E-state index contributed by atoms with van der Waals surface area (Å²) < 4.78 is 14.6. The number of carbonyl (C=O) groups excluding carboxylic acids is 1. The molecule has 0 saturated carbocycles. The molecule has 7 heteroatoms. The number of hydrogen-bond donors (Lipinski definition) is 0. The van der Waals surface area contributed by atoms with Gasteiger partial charge in [-0.2, -0.15) is 0 Å². The number of carbonyl (C=O) groups is 1. The van der Waals surface area contributed by atoms with Crippen molar-refractivity contribution in [1.82, 2.24) is 14.5 Å². The molecule has 1 aliphatic heterocycles. The van der Waals surface area contributed by atoms with Crippen LogP contribution in [0.1, 0.15) is 39.5 Å². The van der Waals surface area contributed by atoms with E-state index in [4.69, 9.17) is 9.47 Å². The zero-order chi connectivity index (χ0) is 16.6. The lowest BCUT2D eigenvalue weighted by Gasteiger charge is -2.35. The Hall–Kier alpha value is -2.15. The molecule has 0 spiro atoms. The first-order valence-electron chi connectivity index (χ1n) is 7.41. The molecule has 1 aliphatic rings. The number of rotatable bonds is 3. The molecule has 0 saturated heterocycles. The molecule has 6 nitrogen and oxygen atoms in total. The number of aryl methyl sites for hydroxylation is 1. The standard InChI is InChI=1S/C16H19N3O3S/c1-9-15(23-18-17-9)16(20)19-6-5-11-7-13(21-3)14(22-4)8-12(11)10(19)2/h7-8,10H,5-6H2,1-4H3. The van der Waals surface area contributed by atoms with Crippen LogP contribution in [0.3, 0.4) is 0 Å². The average Bonchev–Trinajstić information content (AvgIpc) is 2.99. The van der Waals surface area contributed by atoms with E-state index in [9.17, 15) is 4.79 Å². The van der Waals surface area contributed by atoms with Gasteiger partial charge in [0.2, 0.25) is 0 Å². The summed E-state index contributed by atoms with van der Waals surface area (Å²) in [6, 6.07) is 3.94. The molecule has 2 heterocycles. The minimum absolute atomic E-state index is 0.00886. The number of methoxy groups -OCH3 is 2. The summed E-state index contributed by atoms with van der Waals surface area (Å²) >= 11 is 1.15. The highest BCUT2D eigenvalue weighted by Gasteiger charge is 2.31. The number of aromatic nitrogens is 2. The van der Waals surface area contributed by atoms with Crippen molar-refractivity contribution in [2.45, 2.75) is 26.3 Å². The van der Waals surface area contributed by atoms with E-state index in [0.717, 1.165) is 29.3 Å². The topological polar surface area (TPSA) is 64.6 Å². The van der Waals surface area contributed by atoms with E-state index < -0.39 is 0 Å². The van der Waals surface area contributed by atoms with Crippen molar-refractivity contribution in [3.63, 3.8) is 0 Å². The lowest BCUT2D eigenvalue weighted by molar-refractivity contribution is 0.0681. The molecular formula is C16H19N3O3S. The highest BCUT2D eigenvalue weighted by Crippen LogP contribution is 2.38. The Morgan fingerprint density at radius 2 is 2.00 bits per heavy atom. The van der Waals surface area contributed by atoms with Crippen LogP contribution in [-0.4, -0.2) is 41.2 Å². The van der Waals surface area contributed by atoms with Crippen molar-refractivity contribution in [3.05, 3.63) is 33.8 Å². The average molecular weight is 333 g/mol. The molecule has 122 valence electrons. The summed E-state index contributed by atoms with van der Waals surface area (Å²) in [5.74, 6) is 1.40. The van der Waals surface area contributed by atoms with E-state index in [1.165, 1.54) is 5.56 Å². The predicted molar refractivity (Wildman–Crippen MR) is 87.3 cm³/mol. The fraction of sp³-hybridized carbons (Fsp3) is 0.438. The van der Waals surface area contributed by atoms with Gasteiger partial charge in [0.1, 0.15) is 4.88 Å². The Kier molecular flexibility index (Phi) is 4.21. The van der Waals surface area contributed by atoms with Crippen LogP contribution in [0.25, 0.3) is 0 Å². The van der Waals surface area contributed by atoms with E-state index in [0.29, 0.717) is 22.9 Å². The smallest absolute Gasteiger partial charge is 0.268 e. The van der Waals surface area contributed by atoms with Crippen LogP contribution in [0, 0.1) is 6.92 Å². The molecule has 1 atom stereocenters. The first kappa shape index (κ1) is 15.7. The molecule has 1 unspecified atom stereocenters. The summed E-state index contributed by atoms with van der Waals surface area (Å²) in [6.45, 7) is 4.51. The monoisotopic (exact) mass is 333 g/mol. The van der Waals surface area contributed by atoms with Gasteiger partial charge in [0, 0.05) is 6.54 Å². The van der Waals surface area contributed by atoms with Gasteiger partial charge in [-0.25, -0.2) is 0 Å². The van der Waals surface area contributed by atoms with Crippen LogP contribution in [0.2, 0.25) is 0 Å². The highest BCUT2D eigenvalue weighted by molar-refractivity contribution is 7.07. The second-order valence-corrected chi connectivity index (χ2v) is 6.27. The zero-order valence-corrected chi connectivity index (χ0v) is 14.4. The largest absolute Gasteiger partial charge is 0.493 e. The maximum Gasteiger partial charge on any atom is 0.268 e. The SMILES string of the molecule is COc1cc2c(cc1OC)C(C)N(C(=O)c1snnc1C)CC2. The third kappa shape index (κ3) is 2.65. The molecule has 0 aliphatic carbocycles. The lowest BCUT2D eigenvalue weighted by Crippen LogP contribution is -2.38. The van der Waals surface area contributed by atoms with Crippen LogP contribution in [-0.2, 0) is 6.42 Å². The Balaban J connectivity index is 1.96. The quantitative estimate of drug-likeness (QED) is 0.864. The Labute approximate surface area is 139 Å². The van der Waals surface area contributed by atoms with E-state index in [1.807, 2.05) is 30.9 Å². The van der Waals surface area contributed by atoms with Crippen molar-refractivity contribution < 1.29 is 14.3 Å². The van der Waals surface area contributed by atoms with Gasteiger partial charge in [0.25, 0.3) is 5.91 Å². The maximum atomic E-state index is 12.8. The summed E-state index contributed by atoms with van der Waals surface area (Å²) in [6.07, 6.45) is 0.789. The van der Waals surface area contributed by atoms with Gasteiger partial charge >= 0.3 is 0 Å². The summed E-state index contributed by atoms with van der Waals surface area (Å²) in [5, 5.41) is 3.94. The van der Waals surface area contributed by atoms with Crippen molar-refractivity contribution in [1.29, 1.82) is 0 Å². The molecule has 3 rings (SSSR count). The first-order chi connectivity index (χ1) is 11.1. The van der Waals surface area contributed by atoms with Crippen molar-refractivity contribution >= 4 is 17.4 Å². The normalized spacial score (nSPS) is 16.9. The summed E-state index contributed by atoms with van der Waals surface area (Å²) in [7, 11) is 3.25. The fourth-order valence-corrected chi connectivity index (χ4v) is 3.59. The molecule has 2 aromatic rings. The van der Waals surface area contributed by atoms with Gasteiger partial charge in [0.15, 0.2) is 11.5 Å². The lowest BCUT2D eigenvalue weighted by atomic mass is 9.92.